The van der Waals surface area contributed by atoms with E-state index >= 15 is 0 Å². The van der Waals surface area contributed by atoms with Gasteiger partial charge in [0.15, 0.2) is 0 Å². The monoisotopic (exact) mass is 282 g/mol. The number of allylic oxidation sites excluding steroid dienone is 2. The van der Waals surface area contributed by atoms with Crippen LogP contribution in [0.15, 0.2) is 48.2 Å². The first-order valence-corrected chi connectivity index (χ1v) is 6.52. The average Bonchev–Trinajstić information content (AvgIpc) is 2.86. The van der Waals surface area contributed by atoms with E-state index in [1.807, 2.05) is 42.5 Å². The van der Waals surface area contributed by atoms with Crippen LogP contribution in [0.2, 0.25) is 0 Å². The summed E-state index contributed by atoms with van der Waals surface area (Å²) in [4.78, 5) is 15.4. The van der Waals surface area contributed by atoms with Gasteiger partial charge in [0.05, 0.1) is 6.04 Å². The molecule has 2 aromatic rings. The van der Waals surface area contributed by atoms with Gasteiger partial charge in [-0.1, -0.05) is 42.5 Å². The first kappa shape index (κ1) is 13.1. The van der Waals surface area contributed by atoms with Crippen molar-refractivity contribution in [1.82, 2.24) is 14.8 Å². The molecule has 0 unspecified atom stereocenters. The molecule has 1 atom stereocenters. The molecule has 0 spiro atoms. The van der Waals surface area contributed by atoms with Gasteiger partial charge in [-0.3, -0.25) is 0 Å². The first-order chi connectivity index (χ1) is 10.1. The predicted octanol–water partition coefficient (Wildman–Crippen LogP) is 2.24. The number of carboxylic acid groups (broad SMARTS) is 1. The van der Waals surface area contributed by atoms with E-state index in [1.54, 1.807) is 17.7 Å². The highest BCUT2D eigenvalue weighted by Gasteiger charge is 2.23. The third kappa shape index (κ3) is 2.69. The lowest BCUT2D eigenvalue weighted by Gasteiger charge is -2.19. The third-order valence-corrected chi connectivity index (χ3v) is 3.12. The summed E-state index contributed by atoms with van der Waals surface area (Å²) in [5, 5.41) is 16.2. The molecule has 0 bridgehead atoms. The highest BCUT2D eigenvalue weighted by molar-refractivity contribution is 5.90. The van der Waals surface area contributed by atoms with Gasteiger partial charge >= 0.3 is 5.97 Å². The van der Waals surface area contributed by atoms with Crippen LogP contribution in [0.4, 0.5) is 5.95 Å². The van der Waals surface area contributed by atoms with E-state index in [9.17, 15) is 4.79 Å². The lowest BCUT2D eigenvalue weighted by Crippen LogP contribution is -2.22. The fourth-order valence-corrected chi connectivity index (χ4v) is 2.16. The quantitative estimate of drug-likeness (QED) is 0.902. The van der Waals surface area contributed by atoms with E-state index in [0.717, 1.165) is 5.56 Å². The number of aliphatic carboxylic acids is 1. The molecule has 2 N–H and O–H groups in total. The Morgan fingerprint density at radius 2 is 2.14 bits per heavy atom. The van der Waals surface area contributed by atoms with Gasteiger partial charge in [-0.15, -0.1) is 0 Å². The molecule has 0 saturated heterocycles. The van der Waals surface area contributed by atoms with Crippen molar-refractivity contribution in [3.8, 4) is 0 Å². The SMILES string of the molecule is Cc1nc2n(n1)[C@H](/C=C/c1ccccc1)C=C(C(=O)O)N2. The zero-order chi connectivity index (χ0) is 14.8. The van der Waals surface area contributed by atoms with Crippen molar-refractivity contribution in [2.24, 2.45) is 0 Å². The van der Waals surface area contributed by atoms with Crippen LogP contribution >= 0.6 is 0 Å². The highest BCUT2D eigenvalue weighted by Crippen LogP contribution is 2.24. The Balaban J connectivity index is 1.95. The van der Waals surface area contributed by atoms with Crippen LogP contribution in [0.25, 0.3) is 6.08 Å². The number of aryl methyl sites for hydroxylation is 1. The zero-order valence-electron chi connectivity index (χ0n) is 11.4. The van der Waals surface area contributed by atoms with E-state index in [4.69, 9.17) is 5.11 Å². The summed E-state index contributed by atoms with van der Waals surface area (Å²) in [6, 6.07) is 9.52. The van der Waals surface area contributed by atoms with Crippen LogP contribution in [-0.4, -0.2) is 25.8 Å². The van der Waals surface area contributed by atoms with Gasteiger partial charge in [-0.05, 0) is 18.6 Å². The average molecular weight is 282 g/mol. The Morgan fingerprint density at radius 1 is 1.38 bits per heavy atom. The van der Waals surface area contributed by atoms with Crippen LogP contribution in [-0.2, 0) is 4.79 Å². The number of benzene rings is 1. The number of nitrogens with one attached hydrogen (secondary N) is 1. The van der Waals surface area contributed by atoms with Crippen molar-refractivity contribution < 1.29 is 9.90 Å². The number of hydrogen-bond donors (Lipinski definition) is 2. The maximum absolute atomic E-state index is 11.2. The summed E-state index contributed by atoms with van der Waals surface area (Å²) in [6.07, 6.45) is 5.45. The van der Waals surface area contributed by atoms with Gasteiger partial charge in [0, 0.05) is 0 Å². The van der Waals surface area contributed by atoms with Gasteiger partial charge in [-0.25, -0.2) is 9.48 Å². The smallest absolute Gasteiger partial charge is 0.352 e. The number of rotatable bonds is 3. The largest absolute Gasteiger partial charge is 0.477 e. The van der Waals surface area contributed by atoms with Crippen molar-refractivity contribution in [1.29, 1.82) is 0 Å². The molecule has 0 radical (unpaired) electrons. The molecule has 0 aliphatic carbocycles. The molecule has 6 heteroatoms. The summed E-state index contributed by atoms with van der Waals surface area (Å²) >= 11 is 0. The Hall–Kier alpha value is -2.89. The molecule has 106 valence electrons. The third-order valence-electron chi connectivity index (χ3n) is 3.12. The van der Waals surface area contributed by atoms with E-state index in [-0.39, 0.29) is 11.7 Å². The second-order valence-electron chi connectivity index (χ2n) is 4.70. The fraction of sp³-hybridized carbons (Fsp3) is 0.133. The number of carbonyl (C=O) groups is 1. The van der Waals surface area contributed by atoms with E-state index in [1.165, 1.54) is 0 Å². The second-order valence-corrected chi connectivity index (χ2v) is 4.70. The lowest BCUT2D eigenvalue weighted by molar-refractivity contribution is -0.132. The molecule has 21 heavy (non-hydrogen) atoms. The first-order valence-electron chi connectivity index (χ1n) is 6.52. The number of anilines is 1. The molecule has 1 aromatic carbocycles. The molecule has 2 heterocycles. The van der Waals surface area contributed by atoms with Crippen molar-refractivity contribution in [3.05, 3.63) is 59.6 Å². The normalized spacial score (nSPS) is 17.2. The molecule has 1 aromatic heterocycles. The number of aromatic nitrogens is 3. The van der Waals surface area contributed by atoms with Crippen LogP contribution in [0.3, 0.4) is 0 Å². The molecular formula is C15H14N4O2. The molecule has 0 saturated carbocycles. The lowest BCUT2D eigenvalue weighted by atomic mass is 10.1. The fourth-order valence-electron chi connectivity index (χ4n) is 2.16. The van der Waals surface area contributed by atoms with Crippen LogP contribution in [0.1, 0.15) is 17.4 Å². The summed E-state index contributed by atoms with van der Waals surface area (Å²) in [6.45, 7) is 1.77. The minimum absolute atomic E-state index is 0.109. The van der Waals surface area contributed by atoms with Gasteiger partial charge in [0.1, 0.15) is 11.5 Å². The minimum atomic E-state index is -1.01. The number of nitrogens with zero attached hydrogens (tertiary/aromatic N) is 3. The van der Waals surface area contributed by atoms with E-state index in [0.29, 0.717) is 11.8 Å². The molecular weight excluding hydrogens is 268 g/mol. The van der Waals surface area contributed by atoms with Crippen LogP contribution in [0, 0.1) is 6.92 Å². The summed E-state index contributed by atoms with van der Waals surface area (Å²) in [7, 11) is 0. The maximum Gasteiger partial charge on any atom is 0.352 e. The Bertz CT molecular complexity index is 731. The molecule has 1 aliphatic rings. The summed E-state index contributed by atoms with van der Waals surface area (Å²) in [5.41, 5.74) is 1.15. The minimum Gasteiger partial charge on any atom is -0.477 e. The van der Waals surface area contributed by atoms with Crippen molar-refractivity contribution in [2.45, 2.75) is 13.0 Å². The standard InChI is InChI=1S/C15H14N4O2/c1-10-16-15-17-13(14(20)21)9-12(19(15)18-10)8-7-11-5-3-2-4-6-11/h2-9,12H,1H3,(H,20,21)(H,16,17,18)/b8-7+/t12-/m1/s1. The Labute approximate surface area is 121 Å². The topological polar surface area (TPSA) is 80.0 Å². The van der Waals surface area contributed by atoms with Crippen LogP contribution in [0.5, 0.6) is 0 Å². The van der Waals surface area contributed by atoms with Crippen molar-refractivity contribution >= 4 is 18.0 Å². The molecule has 3 rings (SSSR count). The van der Waals surface area contributed by atoms with Gasteiger partial charge < -0.3 is 10.4 Å². The Morgan fingerprint density at radius 3 is 2.86 bits per heavy atom. The number of fused-ring (bicyclic) bond motifs is 1. The molecule has 6 nitrogen and oxygen atoms in total. The van der Waals surface area contributed by atoms with E-state index in [2.05, 4.69) is 15.4 Å². The van der Waals surface area contributed by atoms with E-state index < -0.39 is 5.97 Å². The number of carboxylic acids is 1. The highest BCUT2D eigenvalue weighted by atomic mass is 16.4. The van der Waals surface area contributed by atoms with Crippen molar-refractivity contribution in [3.63, 3.8) is 0 Å². The number of hydrogen-bond acceptors (Lipinski definition) is 4. The maximum atomic E-state index is 11.2. The van der Waals surface area contributed by atoms with Gasteiger partial charge in [-0.2, -0.15) is 10.1 Å². The molecule has 0 amide bonds. The summed E-state index contributed by atoms with van der Waals surface area (Å²) in [5.74, 6) is 0.0192. The van der Waals surface area contributed by atoms with Gasteiger partial charge in [0.25, 0.3) is 0 Å². The van der Waals surface area contributed by atoms with Crippen LogP contribution < -0.4 is 5.32 Å². The molecule has 0 fully saturated rings. The summed E-state index contributed by atoms with van der Waals surface area (Å²) < 4.78 is 1.67. The molecule has 1 aliphatic heterocycles. The zero-order valence-corrected chi connectivity index (χ0v) is 11.4. The van der Waals surface area contributed by atoms with Gasteiger partial charge in [0.2, 0.25) is 5.95 Å². The second kappa shape index (κ2) is 5.24. The van der Waals surface area contributed by atoms with Crippen molar-refractivity contribution in [2.75, 3.05) is 5.32 Å². The Kier molecular flexibility index (Phi) is 3.27. The predicted molar refractivity (Wildman–Crippen MR) is 78.6 cm³/mol.